The summed E-state index contributed by atoms with van der Waals surface area (Å²) in [6.07, 6.45) is 1.99. The summed E-state index contributed by atoms with van der Waals surface area (Å²) >= 11 is 6.01. The van der Waals surface area contributed by atoms with E-state index in [9.17, 15) is 8.42 Å². The highest BCUT2D eigenvalue weighted by atomic mass is 35.5. The lowest BCUT2D eigenvalue weighted by Crippen LogP contribution is -2.42. The summed E-state index contributed by atoms with van der Waals surface area (Å²) in [5.74, 6) is 0. The van der Waals surface area contributed by atoms with Crippen molar-refractivity contribution >= 4 is 21.6 Å². The summed E-state index contributed by atoms with van der Waals surface area (Å²) < 4.78 is 30.2. The van der Waals surface area contributed by atoms with Crippen LogP contribution in [0.15, 0.2) is 77.8 Å². The quantitative estimate of drug-likeness (QED) is 0.699. The summed E-state index contributed by atoms with van der Waals surface area (Å²) in [5, 5.41) is 0.632. The lowest BCUT2D eigenvalue weighted by atomic mass is 10.0. The predicted molar refractivity (Wildman–Crippen MR) is 98.1 cm³/mol. The Kier molecular flexibility index (Phi) is 4.15. The van der Waals surface area contributed by atoms with E-state index < -0.39 is 10.0 Å². The van der Waals surface area contributed by atoms with Crippen LogP contribution in [-0.4, -0.2) is 23.8 Å². The minimum Gasteiger partial charge on any atom is -0.348 e. The maximum Gasteiger partial charge on any atom is 0.244 e. The lowest BCUT2D eigenvalue weighted by Gasteiger charge is -2.36. The van der Waals surface area contributed by atoms with Crippen molar-refractivity contribution < 1.29 is 8.42 Å². The molecule has 4 nitrogen and oxygen atoms in total. The highest BCUT2D eigenvalue weighted by Gasteiger charge is 2.37. The highest BCUT2D eigenvalue weighted by molar-refractivity contribution is 7.89. The van der Waals surface area contributed by atoms with Gasteiger partial charge >= 0.3 is 0 Å². The molecule has 4 rings (SSSR count). The van der Waals surface area contributed by atoms with Gasteiger partial charge in [-0.1, -0.05) is 41.9 Å². The number of fused-ring (bicyclic) bond motifs is 1. The van der Waals surface area contributed by atoms with Gasteiger partial charge in [-0.2, -0.15) is 4.31 Å². The Balaban J connectivity index is 1.85. The van der Waals surface area contributed by atoms with Gasteiger partial charge in [0.25, 0.3) is 0 Å². The van der Waals surface area contributed by atoms with Gasteiger partial charge in [0.2, 0.25) is 10.0 Å². The van der Waals surface area contributed by atoms with Gasteiger partial charge in [0.1, 0.15) is 0 Å². The predicted octanol–water partition coefficient (Wildman–Crippen LogP) is 3.94. The van der Waals surface area contributed by atoms with Crippen LogP contribution in [0.2, 0.25) is 5.02 Å². The zero-order chi connectivity index (χ0) is 17.4. The van der Waals surface area contributed by atoms with Crippen molar-refractivity contribution in [3.05, 3.63) is 89.2 Å². The summed E-state index contributed by atoms with van der Waals surface area (Å²) in [4.78, 5) is 0.314. The molecule has 1 aliphatic rings. The molecule has 128 valence electrons. The molecule has 0 spiro atoms. The third kappa shape index (κ3) is 2.88. The number of hydrogen-bond donors (Lipinski definition) is 0. The molecule has 2 aromatic carbocycles. The van der Waals surface area contributed by atoms with Gasteiger partial charge in [-0.3, -0.25) is 0 Å². The second-order valence-corrected chi connectivity index (χ2v) is 8.34. The Morgan fingerprint density at radius 3 is 2.32 bits per heavy atom. The van der Waals surface area contributed by atoms with E-state index >= 15 is 0 Å². The van der Waals surface area contributed by atoms with E-state index in [0.29, 0.717) is 23.0 Å². The minimum absolute atomic E-state index is 0.314. The van der Waals surface area contributed by atoms with Crippen molar-refractivity contribution in [3.8, 4) is 0 Å². The maximum atomic E-state index is 13.3. The Labute approximate surface area is 152 Å². The molecule has 0 fully saturated rings. The molecule has 1 atom stereocenters. The Bertz CT molecular complexity index is 982. The van der Waals surface area contributed by atoms with Crippen molar-refractivity contribution in [2.24, 2.45) is 0 Å². The first-order valence-electron chi connectivity index (χ1n) is 8.05. The normalized spacial score (nSPS) is 18.0. The third-order valence-electron chi connectivity index (χ3n) is 4.53. The molecule has 0 saturated heterocycles. The van der Waals surface area contributed by atoms with Crippen LogP contribution in [0.5, 0.6) is 0 Å². The molecule has 0 N–H and O–H groups in total. The van der Waals surface area contributed by atoms with Crippen molar-refractivity contribution in [1.82, 2.24) is 8.87 Å². The standard InChI is InChI=1S/C19H17ClN2O2S/c20-16-10-8-15(9-11-16)19-18-7-4-12-21(18)13-14-22(19)25(23,24)17-5-2-1-3-6-17/h1-12,19H,13-14H2/t19-/m1/s1. The molecule has 1 aliphatic heterocycles. The van der Waals surface area contributed by atoms with Crippen LogP contribution in [0.1, 0.15) is 17.3 Å². The zero-order valence-corrected chi connectivity index (χ0v) is 15.0. The van der Waals surface area contributed by atoms with Crippen LogP contribution < -0.4 is 0 Å². The summed E-state index contributed by atoms with van der Waals surface area (Å²) in [5.41, 5.74) is 1.87. The van der Waals surface area contributed by atoms with Gasteiger partial charge in [0.05, 0.1) is 10.9 Å². The smallest absolute Gasteiger partial charge is 0.244 e. The van der Waals surface area contributed by atoms with Crippen molar-refractivity contribution in [1.29, 1.82) is 0 Å². The van der Waals surface area contributed by atoms with Crippen LogP contribution in [0.3, 0.4) is 0 Å². The van der Waals surface area contributed by atoms with E-state index in [1.165, 1.54) is 0 Å². The van der Waals surface area contributed by atoms with Crippen LogP contribution in [-0.2, 0) is 16.6 Å². The average Bonchev–Trinajstić information content (AvgIpc) is 3.11. The number of nitrogens with zero attached hydrogens (tertiary/aromatic N) is 2. The molecule has 0 unspecified atom stereocenters. The maximum absolute atomic E-state index is 13.3. The van der Waals surface area contributed by atoms with E-state index in [0.717, 1.165) is 11.3 Å². The van der Waals surface area contributed by atoms with Gasteiger partial charge in [-0.25, -0.2) is 8.42 Å². The summed E-state index contributed by atoms with van der Waals surface area (Å²) in [6.45, 7) is 1.06. The molecule has 2 heterocycles. The minimum atomic E-state index is -3.60. The Morgan fingerprint density at radius 2 is 1.60 bits per heavy atom. The molecule has 0 saturated carbocycles. The van der Waals surface area contributed by atoms with E-state index in [1.54, 1.807) is 40.7 Å². The second-order valence-electron chi connectivity index (χ2n) is 6.01. The number of benzene rings is 2. The molecule has 0 bridgehead atoms. The van der Waals surface area contributed by atoms with Crippen LogP contribution in [0.25, 0.3) is 0 Å². The first-order chi connectivity index (χ1) is 12.1. The fraction of sp³-hybridized carbons (Fsp3) is 0.158. The van der Waals surface area contributed by atoms with Gasteiger partial charge in [-0.15, -0.1) is 0 Å². The zero-order valence-electron chi connectivity index (χ0n) is 13.4. The van der Waals surface area contributed by atoms with Crippen LogP contribution in [0.4, 0.5) is 0 Å². The van der Waals surface area contributed by atoms with E-state index in [1.807, 2.05) is 36.5 Å². The molecule has 0 aliphatic carbocycles. The van der Waals surface area contributed by atoms with Crippen molar-refractivity contribution in [2.75, 3.05) is 6.54 Å². The van der Waals surface area contributed by atoms with Gasteiger partial charge in [0, 0.05) is 30.0 Å². The average molecular weight is 373 g/mol. The van der Waals surface area contributed by atoms with E-state index in [4.69, 9.17) is 11.6 Å². The summed E-state index contributed by atoms with van der Waals surface area (Å²) in [7, 11) is -3.60. The molecular formula is C19H17ClN2O2S. The molecule has 1 aromatic heterocycles. The van der Waals surface area contributed by atoms with E-state index in [-0.39, 0.29) is 6.04 Å². The molecular weight excluding hydrogens is 356 g/mol. The number of hydrogen-bond acceptors (Lipinski definition) is 2. The highest BCUT2D eigenvalue weighted by Crippen LogP contribution is 2.36. The molecule has 6 heteroatoms. The van der Waals surface area contributed by atoms with E-state index in [2.05, 4.69) is 4.57 Å². The third-order valence-corrected chi connectivity index (χ3v) is 6.66. The fourth-order valence-electron chi connectivity index (χ4n) is 3.33. The first-order valence-corrected chi connectivity index (χ1v) is 9.86. The SMILES string of the molecule is O=S(=O)(c1ccccc1)N1CCn2cccc2[C@H]1c1ccc(Cl)cc1. The molecule has 0 radical (unpaired) electrons. The number of halogens is 1. The number of rotatable bonds is 3. The van der Waals surface area contributed by atoms with Crippen LogP contribution in [0, 0.1) is 0 Å². The fourth-order valence-corrected chi connectivity index (χ4v) is 5.06. The number of aromatic nitrogens is 1. The Hall–Kier alpha value is -2.08. The van der Waals surface area contributed by atoms with Crippen molar-refractivity contribution in [2.45, 2.75) is 17.5 Å². The van der Waals surface area contributed by atoms with Gasteiger partial charge in [0.15, 0.2) is 0 Å². The second kappa shape index (κ2) is 6.33. The van der Waals surface area contributed by atoms with Crippen LogP contribution >= 0.6 is 11.6 Å². The Morgan fingerprint density at radius 1 is 0.880 bits per heavy atom. The largest absolute Gasteiger partial charge is 0.348 e. The first kappa shape index (κ1) is 16.4. The number of sulfonamides is 1. The van der Waals surface area contributed by atoms with Gasteiger partial charge < -0.3 is 4.57 Å². The monoisotopic (exact) mass is 372 g/mol. The van der Waals surface area contributed by atoms with Crippen molar-refractivity contribution in [3.63, 3.8) is 0 Å². The molecule has 25 heavy (non-hydrogen) atoms. The summed E-state index contributed by atoms with van der Waals surface area (Å²) in [6, 6.07) is 19.5. The van der Waals surface area contributed by atoms with Gasteiger partial charge in [-0.05, 0) is 42.0 Å². The lowest BCUT2D eigenvalue weighted by molar-refractivity contribution is 0.298. The molecule has 0 amide bonds. The topological polar surface area (TPSA) is 42.3 Å². The molecule has 3 aromatic rings.